The maximum atomic E-state index is 11.5. The van der Waals surface area contributed by atoms with Gasteiger partial charge in [-0.2, -0.15) is 0 Å². The van der Waals surface area contributed by atoms with E-state index in [1.807, 2.05) is 25.1 Å². The fourth-order valence-corrected chi connectivity index (χ4v) is 14.1. The number of benzene rings is 1. The van der Waals surface area contributed by atoms with Gasteiger partial charge in [-0.05, 0) is 0 Å². The molecule has 21 heavy (non-hydrogen) atoms. The molecule has 0 bridgehead atoms. The quantitative estimate of drug-likeness (QED) is 0.700. The second kappa shape index (κ2) is 8.01. The minimum absolute atomic E-state index is 0.277. The first-order valence-electron chi connectivity index (χ1n) is 8.15. The fourth-order valence-electron chi connectivity index (χ4n) is 3.70. The van der Waals surface area contributed by atoms with Crippen molar-refractivity contribution in [2.24, 2.45) is 5.92 Å². The first kappa shape index (κ1) is 18.3. The van der Waals surface area contributed by atoms with Crippen molar-refractivity contribution in [3.63, 3.8) is 0 Å². The van der Waals surface area contributed by atoms with E-state index in [1.54, 1.807) is 0 Å². The molecule has 0 aromatic heterocycles. The van der Waals surface area contributed by atoms with Crippen molar-refractivity contribution >= 4 is 13.3 Å². The first-order chi connectivity index (χ1) is 9.99. The van der Waals surface area contributed by atoms with Crippen LogP contribution in [0.25, 0.3) is 0 Å². The van der Waals surface area contributed by atoms with Crippen molar-refractivity contribution in [1.29, 1.82) is 5.26 Å². The van der Waals surface area contributed by atoms with E-state index in [2.05, 4.69) is 39.0 Å². The Hall–Kier alpha value is -0.787. The van der Waals surface area contributed by atoms with Gasteiger partial charge in [0.25, 0.3) is 0 Å². The summed E-state index contributed by atoms with van der Waals surface area (Å²) < 4.78 is -0.747. The summed E-state index contributed by atoms with van der Waals surface area (Å²) in [5.41, 5.74) is 1.25. The summed E-state index contributed by atoms with van der Waals surface area (Å²) in [5.74, 6) is -0.277. The molecule has 0 aliphatic carbocycles. The molecule has 1 rings (SSSR count). The Kier molecular flexibility index (Phi) is 6.96. The number of rotatable bonds is 8. The summed E-state index contributed by atoms with van der Waals surface area (Å²) in [5, 5.41) is 24.2. The van der Waals surface area contributed by atoms with Gasteiger partial charge in [-0.25, -0.2) is 0 Å². The predicted molar refractivity (Wildman–Crippen MR) is 91.7 cm³/mol. The summed E-state index contributed by atoms with van der Waals surface area (Å²) in [7, 11) is 0. The van der Waals surface area contributed by atoms with E-state index in [0.717, 1.165) is 28.6 Å². The Labute approximate surface area is 132 Å². The van der Waals surface area contributed by atoms with Gasteiger partial charge in [0, 0.05) is 0 Å². The van der Waals surface area contributed by atoms with Gasteiger partial charge in [-0.1, -0.05) is 0 Å². The molecule has 0 saturated carbocycles. The molecule has 2 atom stereocenters. The predicted octanol–water partition coefficient (Wildman–Crippen LogP) is 4.56. The number of hydrogen-bond acceptors (Lipinski definition) is 2. The Morgan fingerprint density at radius 2 is 1.67 bits per heavy atom. The van der Waals surface area contributed by atoms with Crippen LogP contribution in [0, 0.1) is 17.2 Å². The van der Waals surface area contributed by atoms with Crippen LogP contribution in [0.3, 0.4) is 0 Å². The zero-order valence-corrected chi connectivity index (χ0v) is 16.0. The molecule has 0 saturated heterocycles. The standard InChI is InChI=1S/C18H29GeNO/c1-5-19(6-2,7-3)18(21,16(4)15-20)14-13-17-11-9-8-10-12-17/h8-12,16,21H,5-7,13-14H2,1-4H3. The molecule has 0 radical (unpaired) electrons. The topological polar surface area (TPSA) is 44.0 Å². The number of nitrogens with zero attached hydrogens (tertiary/aromatic N) is 1. The van der Waals surface area contributed by atoms with Gasteiger partial charge in [-0.15, -0.1) is 0 Å². The number of nitriles is 1. The Balaban J connectivity index is 3.07. The van der Waals surface area contributed by atoms with Crippen LogP contribution in [0.2, 0.25) is 15.8 Å². The SMILES string of the molecule is C[CH2][Ge]([CH2]C)([CH2]C)[C](O)(CCc1ccccc1)C(C)C#N. The van der Waals surface area contributed by atoms with E-state index in [1.165, 1.54) is 5.56 Å². The van der Waals surface area contributed by atoms with Gasteiger partial charge in [0.05, 0.1) is 0 Å². The number of aliphatic hydroxyl groups is 1. The molecular formula is C18H29GeNO. The van der Waals surface area contributed by atoms with Gasteiger partial charge in [0.15, 0.2) is 0 Å². The Bertz CT molecular complexity index is 456. The number of aryl methyl sites for hydroxylation is 1. The molecule has 0 heterocycles. The van der Waals surface area contributed by atoms with Gasteiger partial charge >= 0.3 is 132 Å². The van der Waals surface area contributed by atoms with E-state index in [-0.39, 0.29) is 5.92 Å². The van der Waals surface area contributed by atoms with Crippen LogP contribution in [0.15, 0.2) is 30.3 Å². The van der Waals surface area contributed by atoms with Crippen molar-refractivity contribution in [3.8, 4) is 6.07 Å². The molecule has 0 aliphatic rings. The van der Waals surface area contributed by atoms with Crippen LogP contribution in [-0.4, -0.2) is 22.8 Å². The molecule has 0 spiro atoms. The maximum absolute atomic E-state index is 11.5. The van der Waals surface area contributed by atoms with Gasteiger partial charge in [0.2, 0.25) is 0 Å². The van der Waals surface area contributed by atoms with Crippen molar-refractivity contribution in [1.82, 2.24) is 0 Å². The summed E-state index contributed by atoms with van der Waals surface area (Å²) in [4.78, 5) is 0. The monoisotopic (exact) mass is 349 g/mol. The van der Waals surface area contributed by atoms with Crippen molar-refractivity contribution in [2.45, 2.75) is 60.7 Å². The Morgan fingerprint density at radius 1 is 1.14 bits per heavy atom. The third-order valence-electron chi connectivity index (χ3n) is 5.50. The van der Waals surface area contributed by atoms with Crippen LogP contribution in [0.4, 0.5) is 0 Å². The normalized spacial score (nSPS) is 16.0. The van der Waals surface area contributed by atoms with E-state index in [9.17, 15) is 10.4 Å². The molecule has 116 valence electrons. The fraction of sp³-hybridized carbons (Fsp3) is 0.611. The molecule has 0 amide bonds. The second-order valence-corrected chi connectivity index (χ2v) is 17.7. The van der Waals surface area contributed by atoms with Crippen molar-refractivity contribution in [2.75, 3.05) is 0 Å². The molecule has 2 unspecified atom stereocenters. The zero-order chi connectivity index (χ0) is 15.9. The van der Waals surface area contributed by atoms with Crippen molar-refractivity contribution in [3.05, 3.63) is 35.9 Å². The molecule has 1 aromatic carbocycles. The Morgan fingerprint density at radius 3 is 2.10 bits per heavy atom. The molecule has 0 aliphatic heterocycles. The van der Waals surface area contributed by atoms with E-state index >= 15 is 0 Å². The first-order valence-corrected chi connectivity index (χ1v) is 13.7. The summed E-state index contributed by atoms with van der Waals surface area (Å²) in [6, 6.07) is 12.7. The molecule has 2 nitrogen and oxygen atoms in total. The summed E-state index contributed by atoms with van der Waals surface area (Å²) in [6.07, 6.45) is 1.58. The third-order valence-corrected chi connectivity index (χ3v) is 19.3. The second-order valence-electron chi connectivity index (χ2n) is 6.10. The molecule has 0 fully saturated rings. The average Bonchev–Trinajstić information content (AvgIpc) is 2.55. The summed E-state index contributed by atoms with van der Waals surface area (Å²) in [6.45, 7) is 8.55. The van der Waals surface area contributed by atoms with E-state index < -0.39 is 17.7 Å². The van der Waals surface area contributed by atoms with Crippen LogP contribution < -0.4 is 0 Å². The molecule has 1 aromatic rings. The van der Waals surface area contributed by atoms with Crippen LogP contribution in [0.5, 0.6) is 0 Å². The van der Waals surface area contributed by atoms with E-state index in [0.29, 0.717) is 0 Å². The summed E-state index contributed by atoms with van der Waals surface area (Å²) >= 11 is -2.47. The van der Waals surface area contributed by atoms with E-state index in [4.69, 9.17) is 0 Å². The van der Waals surface area contributed by atoms with Gasteiger partial charge in [0.1, 0.15) is 0 Å². The van der Waals surface area contributed by atoms with Crippen LogP contribution in [-0.2, 0) is 6.42 Å². The number of hydrogen-bond donors (Lipinski definition) is 1. The van der Waals surface area contributed by atoms with Crippen molar-refractivity contribution < 1.29 is 5.11 Å². The minimum atomic E-state index is -2.47. The van der Waals surface area contributed by atoms with Crippen LogP contribution in [0.1, 0.15) is 39.7 Å². The zero-order valence-electron chi connectivity index (χ0n) is 13.9. The average molecular weight is 348 g/mol. The molecule has 3 heteroatoms. The van der Waals surface area contributed by atoms with Crippen LogP contribution >= 0.6 is 0 Å². The van der Waals surface area contributed by atoms with Gasteiger partial charge < -0.3 is 0 Å². The molecule has 1 N–H and O–H groups in total. The van der Waals surface area contributed by atoms with Gasteiger partial charge in [-0.3, -0.25) is 0 Å². The molecular weight excluding hydrogens is 319 g/mol. The third kappa shape index (κ3) is 3.70.